The average Bonchev–Trinajstić information content (AvgIpc) is 3.03. The highest BCUT2D eigenvalue weighted by molar-refractivity contribution is 7.09. The number of hydrogen-bond acceptors (Lipinski definition) is 4. The van der Waals surface area contributed by atoms with Gasteiger partial charge in [-0.3, -0.25) is 4.79 Å². The predicted molar refractivity (Wildman–Crippen MR) is 107 cm³/mol. The summed E-state index contributed by atoms with van der Waals surface area (Å²) >= 11 is 1.74. The molecule has 0 radical (unpaired) electrons. The minimum absolute atomic E-state index is 0. The third-order valence-electron chi connectivity index (χ3n) is 5.82. The van der Waals surface area contributed by atoms with E-state index >= 15 is 0 Å². The van der Waals surface area contributed by atoms with Crippen molar-refractivity contribution < 1.29 is 4.79 Å². The van der Waals surface area contributed by atoms with Crippen LogP contribution in [-0.4, -0.2) is 48.9 Å². The minimum Gasteiger partial charge on any atom is -0.336 e. The smallest absolute Gasteiger partial charge is 0.226 e. The summed E-state index contributed by atoms with van der Waals surface area (Å²) < 4.78 is 0. The van der Waals surface area contributed by atoms with E-state index in [1.165, 1.54) is 24.1 Å². The molecule has 6 heteroatoms. The summed E-state index contributed by atoms with van der Waals surface area (Å²) in [5.74, 6) is 1.66. The number of carbonyl (C=O) groups excluding carboxylic acids is 1. The lowest BCUT2D eigenvalue weighted by Gasteiger charge is -2.44. The summed E-state index contributed by atoms with van der Waals surface area (Å²) in [5, 5.41) is 2.09. The first-order chi connectivity index (χ1) is 11.5. The van der Waals surface area contributed by atoms with Crippen molar-refractivity contribution in [2.45, 2.75) is 44.7 Å². The van der Waals surface area contributed by atoms with Crippen LogP contribution in [0.25, 0.3) is 0 Å². The molecule has 25 heavy (non-hydrogen) atoms. The number of thiophene rings is 1. The Kier molecular flexibility index (Phi) is 7.74. The Morgan fingerprint density at radius 3 is 2.48 bits per heavy atom. The first-order valence-electron chi connectivity index (χ1n) is 9.26. The van der Waals surface area contributed by atoms with Crippen molar-refractivity contribution in [1.82, 2.24) is 9.80 Å². The van der Waals surface area contributed by atoms with Gasteiger partial charge >= 0.3 is 0 Å². The molecule has 0 aliphatic heterocycles. The zero-order valence-corrected chi connectivity index (χ0v) is 17.0. The molecule has 2 saturated carbocycles. The zero-order valence-electron chi connectivity index (χ0n) is 15.4. The van der Waals surface area contributed by atoms with Crippen LogP contribution in [0.5, 0.6) is 0 Å². The second kappa shape index (κ2) is 9.36. The van der Waals surface area contributed by atoms with Crippen molar-refractivity contribution in [3.05, 3.63) is 22.4 Å². The Balaban J connectivity index is 0.00000225. The fourth-order valence-electron chi connectivity index (χ4n) is 4.43. The SMILES string of the molecule is CN(C)CCN(Cc1cccs1)C(=O)C1CC2CCCC(C1)C2N.Cl. The fourth-order valence-corrected chi connectivity index (χ4v) is 5.15. The topological polar surface area (TPSA) is 49.6 Å². The monoisotopic (exact) mass is 385 g/mol. The number of nitrogens with zero attached hydrogens (tertiary/aromatic N) is 2. The van der Waals surface area contributed by atoms with Gasteiger partial charge in [-0.15, -0.1) is 23.7 Å². The van der Waals surface area contributed by atoms with Crippen LogP contribution >= 0.6 is 23.7 Å². The molecular weight excluding hydrogens is 354 g/mol. The largest absolute Gasteiger partial charge is 0.336 e. The Morgan fingerprint density at radius 1 is 1.24 bits per heavy atom. The van der Waals surface area contributed by atoms with E-state index < -0.39 is 0 Å². The van der Waals surface area contributed by atoms with E-state index in [0.29, 0.717) is 23.8 Å². The molecule has 2 bridgehead atoms. The van der Waals surface area contributed by atoms with Crippen LogP contribution in [0, 0.1) is 17.8 Å². The molecule has 1 aromatic rings. The lowest BCUT2D eigenvalue weighted by atomic mass is 9.65. The lowest BCUT2D eigenvalue weighted by molar-refractivity contribution is -0.139. The minimum atomic E-state index is 0. The van der Waals surface area contributed by atoms with Crippen LogP contribution in [0.3, 0.4) is 0 Å². The molecule has 0 saturated heterocycles. The zero-order chi connectivity index (χ0) is 17.1. The van der Waals surface area contributed by atoms with Gasteiger partial charge in [0.15, 0.2) is 0 Å². The van der Waals surface area contributed by atoms with E-state index in [1.807, 2.05) is 0 Å². The predicted octanol–water partition coefficient (Wildman–Crippen LogP) is 3.21. The number of fused-ring (bicyclic) bond motifs is 2. The van der Waals surface area contributed by atoms with Crippen LogP contribution in [0.15, 0.2) is 17.5 Å². The standard InChI is InChI=1S/C19H31N3OS.ClH/c1-21(2)8-9-22(13-17-7-4-10-24-17)19(23)16-11-14-5-3-6-15(12-16)18(14)20;/h4,7,10,14-16,18H,3,5-6,8-9,11-13,20H2,1-2H3;1H. The van der Waals surface area contributed by atoms with Gasteiger partial charge in [0.25, 0.3) is 0 Å². The molecule has 1 amide bonds. The highest BCUT2D eigenvalue weighted by atomic mass is 35.5. The summed E-state index contributed by atoms with van der Waals surface area (Å²) in [6, 6.07) is 4.53. The first kappa shape index (κ1) is 20.7. The van der Waals surface area contributed by atoms with Crippen LogP contribution in [0.1, 0.15) is 37.0 Å². The molecule has 2 unspecified atom stereocenters. The second-order valence-electron chi connectivity index (χ2n) is 7.84. The normalized spacial score (nSPS) is 28.5. The number of rotatable bonds is 6. The van der Waals surface area contributed by atoms with E-state index in [-0.39, 0.29) is 18.3 Å². The maximum absolute atomic E-state index is 13.2. The number of carbonyl (C=O) groups is 1. The highest BCUT2D eigenvalue weighted by Gasteiger charge is 2.41. The van der Waals surface area contributed by atoms with Gasteiger partial charge in [0, 0.05) is 29.9 Å². The van der Waals surface area contributed by atoms with Crippen molar-refractivity contribution in [3.63, 3.8) is 0 Å². The molecule has 1 heterocycles. The number of halogens is 1. The molecule has 3 rings (SSSR count). The molecule has 1 aromatic heterocycles. The van der Waals surface area contributed by atoms with E-state index in [4.69, 9.17) is 5.73 Å². The molecule has 0 aromatic carbocycles. The fraction of sp³-hybridized carbons (Fsp3) is 0.737. The van der Waals surface area contributed by atoms with Gasteiger partial charge in [0.05, 0.1) is 6.54 Å². The maximum atomic E-state index is 13.2. The number of hydrogen-bond donors (Lipinski definition) is 1. The van der Waals surface area contributed by atoms with Crippen molar-refractivity contribution in [1.29, 1.82) is 0 Å². The van der Waals surface area contributed by atoms with Gasteiger partial charge in [0.1, 0.15) is 0 Å². The third-order valence-corrected chi connectivity index (χ3v) is 6.68. The van der Waals surface area contributed by atoms with Crippen LogP contribution in [0.4, 0.5) is 0 Å². The first-order valence-corrected chi connectivity index (χ1v) is 10.1. The summed E-state index contributed by atoms with van der Waals surface area (Å²) in [6.45, 7) is 2.47. The summed E-state index contributed by atoms with van der Waals surface area (Å²) in [7, 11) is 4.13. The Morgan fingerprint density at radius 2 is 1.92 bits per heavy atom. The number of likely N-dealkylation sites (N-methyl/N-ethyl adjacent to an activating group) is 1. The van der Waals surface area contributed by atoms with E-state index in [9.17, 15) is 4.79 Å². The summed E-state index contributed by atoms with van der Waals surface area (Å²) in [5.41, 5.74) is 6.40. The quantitative estimate of drug-likeness (QED) is 0.817. The van der Waals surface area contributed by atoms with Crippen molar-refractivity contribution in [3.8, 4) is 0 Å². The molecule has 2 aliphatic carbocycles. The van der Waals surface area contributed by atoms with E-state index in [0.717, 1.165) is 32.5 Å². The van der Waals surface area contributed by atoms with Crippen molar-refractivity contribution in [2.75, 3.05) is 27.2 Å². The van der Waals surface area contributed by atoms with Gasteiger partial charge in [-0.05, 0) is 63.1 Å². The van der Waals surface area contributed by atoms with Crippen LogP contribution in [-0.2, 0) is 11.3 Å². The molecule has 2 N–H and O–H groups in total. The summed E-state index contributed by atoms with van der Waals surface area (Å²) in [6.07, 6.45) is 5.72. The molecule has 2 fully saturated rings. The molecule has 0 spiro atoms. The van der Waals surface area contributed by atoms with E-state index in [2.05, 4.69) is 41.4 Å². The average molecular weight is 386 g/mol. The highest BCUT2D eigenvalue weighted by Crippen LogP contribution is 2.42. The number of nitrogens with two attached hydrogens (primary N) is 1. The van der Waals surface area contributed by atoms with Crippen molar-refractivity contribution >= 4 is 29.7 Å². The Hall–Kier alpha value is -0.620. The van der Waals surface area contributed by atoms with Gasteiger partial charge < -0.3 is 15.5 Å². The van der Waals surface area contributed by atoms with Gasteiger partial charge in [-0.2, -0.15) is 0 Å². The van der Waals surface area contributed by atoms with Crippen LogP contribution < -0.4 is 5.73 Å². The second-order valence-corrected chi connectivity index (χ2v) is 8.87. The Bertz CT molecular complexity index is 523. The maximum Gasteiger partial charge on any atom is 0.226 e. The summed E-state index contributed by atoms with van der Waals surface area (Å²) in [4.78, 5) is 18.8. The van der Waals surface area contributed by atoms with Gasteiger partial charge in [-0.1, -0.05) is 12.5 Å². The van der Waals surface area contributed by atoms with Crippen molar-refractivity contribution in [2.24, 2.45) is 23.5 Å². The third kappa shape index (κ3) is 5.19. The molecule has 2 aliphatic rings. The molecule has 4 nitrogen and oxygen atoms in total. The molecule has 142 valence electrons. The number of amides is 1. The lowest BCUT2D eigenvalue weighted by Crippen LogP contribution is -2.50. The molecule has 2 atom stereocenters. The molecular formula is C19H32ClN3OS. The van der Waals surface area contributed by atoms with Crippen LogP contribution in [0.2, 0.25) is 0 Å². The van der Waals surface area contributed by atoms with E-state index in [1.54, 1.807) is 11.3 Å². The van der Waals surface area contributed by atoms with Gasteiger partial charge in [-0.25, -0.2) is 0 Å². The van der Waals surface area contributed by atoms with Gasteiger partial charge in [0.2, 0.25) is 5.91 Å². The Labute approximate surface area is 162 Å².